The molecule has 1 aromatic heterocycles. The fourth-order valence-electron chi connectivity index (χ4n) is 1.28. The van der Waals surface area contributed by atoms with Gasteiger partial charge in [-0.05, 0) is 18.6 Å². The topological polar surface area (TPSA) is 75.9 Å². The van der Waals surface area contributed by atoms with Gasteiger partial charge in [-0.2, -0.15) is 0 Å². The first-order valence-corrected chi connectivity index (χ1v) is 6.21. The van der Waals surface area contributed by atoms with Crippen LogP contribution in [0, 0.1) is 0 Å². The summed E-state index contributed by atoms with van der Waals surface area (Å²) in [6.45, 7) is 2.84. The van der Waals surface area contributed by atoms with Crippen LogP contribution in [0.5, 0.6) is 0 Å². The highest BCUT2D eigenvalue weighted by molar-refractivity contribution is 7.83. The van der Waals surface area contributed by atoms with Gasteiger partial charge in [0, 0.05) is 18.9 Å². The molecule has 0 bridgehead atoms. The second kappa shape index (κ2) is 5.53. The molecule has 0 spiro atoms. The van der Waals surface area contributed by atoms with Crippen molar-refractivity contribution in [2.45, 2.75) is 13.5 Å². The highest BCUT2D eigenvalue weighted by atomic mass is 32.2. The number of pyridine rings is 1. The molecule has 0 aromatic carbocycles. The maximum absolute atomic E-state index is 11.2. The van der Waals surface area contributed by atoms with Crippen molar-refractivity contribution in [3.05, 3.63) is 30.1 Å². The Morgan fingerprint density at radius 3 is 3.06 bits per heavy atom. The van der Waals surface area contributed by atoms with Gasteiger partial charge in [-0.25, -0.2) is 4.21 Å². The summed E-state index contributed by atoms with van der Waals surface area (Å²) >= 11 is -1.57. The van der Waals surface area contributed by atoms with Crippen molar-refractivity contribution in [3.8, 4) is 0 Å². The van der Waals surface area contributed by atoms with Crippen LogP contribution in [0.25, 0.3) is 0 Å². The molecule has 1 atom stereocenters. The molecule has 2 heterocycles. The first-order chi connectivity index (χ1) is 8.29. The zero-order valence-corrected chi connectivity index (χ0v) is 10.1. The molecule has 0 radical (unpaired) electrons. The molecule has 6 nitrogen and oxygen atoms in total. The largest absolute Gasteiger partial charge is 0.475 e. The number of aromatic nitrogens is 1. The minimum absolute atomic E-state index is 0.301. The third-order valence-electron chi connectivity index (χ3n) is 2.00. The molecule has 7 heteroatoms. The van der Waals surface area contributed by atoms with Gasteiger partial charge < -0.3 is 10.1 Å². The van der Waals surface area contributed by atoms with Crippen LogP contribution in [0.4, 0.5) is 0 Å². The van der Waals surface area contributed by atoms with Crippen LogP contribution in [0.15, 0.2) is 33.3 Å². The van der Waals surface area contributed by atoms with Crippen LogP contribution in [0.3, 0.4) is 0 Å². The second-order valence-electron chi connectivity index (χ2n) is 3.21. The van der Waals surface area contributed by atoms with E-state index in [-0.39, 0.29) is 0 Å². The quantitative estimate of drug-likeness (QED) is 0.854. The fraction of sp³-hybridized carbons (Fsp3) is 0.300. The third kappa shape index (κ3) is 3.10. The minimum Gasteiger partial charge on any atom is -0.475 e. The summed E-state index contributed by atoms with van der Waals surface area (Å²) < 4.78 is 24.0. The smallest absolute Gasteiger partial charge is 0.271 e. The Labute approximate surface area is 102 Å². The molecule has 0 fully saturated rings. The van der Waals surface area contributed by atoms with Crippen LogP contribution in [-0.2, 0) is 22.5 Å². The third-order valence-corrected chi connectivity index (χ3v) is 2.66. The van der Waals surface area contributed by atoms with Gasteiger partial charge in [0.2, 0.25) is 5.84 Å². The molecule has 2 rings (SSSR count). The summed E-state index contributed by atoms with van der Waals surface area (Å²) in [4.78, 5) is 4.00. The van der Waals surface area contributed by atoms with Gasteiger partial charge in [-0.1, -0.05) is 6.07 Å². The Morgan fingerprint density at radius 2 is 2.35 bits per heavy atom. The van der Waals surface area contributed by atoms with Crippen molar-refractivity contribution in [2.24, 2.45) is 8.80 Å². The van der Waals surface area contributed by atoms with Gasteiger partial charge in [0.15, 0.2) is 0 Å². The van der Waals surface area contributed by atoms with E-state index in [0.717, 1.165) is 5.56 Å². The summed E-state index contributed by atoms with van der Waals surface area (Å²) in [6.07, 6.45) is 3.45. The van der Waals surface area contributed by atoms with E-state index in [9.17, 15) is 4.21 Å². The van der Waals surface area contributed by atoms with Crippen LogP contribution < -0.4 is 5.32 Å². The molecule has 0 saturated carbocycles. The lowest BCUT2D eigenvalue weighted by atomic mass is 10.3. The monoisotopic (exact) mass is 252 g/mol. The van der Waals surface area contributed by atoms with Crippen molar-refractivity contribution in [1.29, 1.82) is 0 Å². The Bertz CT molecular complexity index is 472. The average molecular weight is 252 g/mol. The van der Waals surface area contributed by atoms with Crippen LogP contribution >= 0.6 is 0 Å². The lowest BCUT2D eigenvalue weighted by molar-refractivity contribution is 0.334. The van der Waals surface area contributed by atoms with Crippen molar-refractivity contribution in [1.82, 2.24) is 10.3 Å². The molecule has 1 aromatic rings. The molecule has 1 N–H and O–H groups in total. The number of ether oxygens (including phenoxy) is 1. The van der Waals surface area contributed by atoms with Gasteiger partial charge in [-0.15, -0.1) is 8.80 Å². The molecule has 17 heavy (non-hydrogen) atoms. The normalized spacial score (nSPS) is 18.5. The zero-order valence-electron chi connectivity index (χ0n) is 9.29. The molecule has 0 aliphatic carbocycles. The first kappa shape index (κ1) is 11.7. The lowest BCUT2D eigenvalue weighted by Gasteiger charge is -2.07. The molecule has 1 aliphatic heterocycles. The predicted molar refractivity (Wildman–Crippen MR) is 65.7 cm³/mol. The van der Waals surface area contributed by atoms with Crippen LogP contribution in [0.2, 0.25) is 0 Å². The van der Waals surface area contributed by atoms with Gasteiger partial charge in [0.25, 0.3) is 17.1 Å². The summed E-state index contributed by atoms with van der Waals surface area (Å²) in [6, 6.07) is 3.78. The lowest BCUT2D eigenvalue weighted by Crippen LogP contribution is -2.30. The minimum atomic E-state index is -1.57. The van der Waals surface area contributed by atoms with Gasteiger partial charge in [0.1, 0.15) is 0 Å². The molecule has 90 valence electrons. The Morgan fingerprint density at radius 1 is 1.47 bits per heavy atom. The predicted octanol–water partition coefficient (Wildman–Crippen LogP) is 0.597. The van der Waals surface area contributed by atoms with Gasteiger partial charge in [0.05, 0.1) is 6.61 Å². The average Bonchev–Trinajstić information content (AvgIpc) is 2.69. The standard InChI is InChI=1S/C10H12N4O2S/c1-2-16-10-9(13-17(15)14-10)12-7-8-4-3-5-11-6-8/h3-6H,2,7H2,1H3,(H,12,13). The fourth-order valence-corrected chi connectivity index (χ4v) is 1.90. The van der Waals surface area contributed by atoms with E-state index in [2.05, 4.69) is 19.1 Å². The van der Waals surface area contributed by atoms with Crippen molar-refractivity contribution in [2.75, 3.05) is 6.61 Å². The van der Waals surface area contributed by atoms with E-state index in [1.54, 1.807) is 12.4 Å². The highest BCUT2D eigenvalue weighted by Gasteiger charge is 2.19. The van der Waals surface area contributed by atoms with Crippen molar-refractivity contribution < 1.29 is 8.95 Å². The van der Waals surface area contributed by atoms with Gasteiger partial charge in [-0.3, -0.25) is 4.98 Å². The highest BCUT2D eigenvalue weighted by Crippen LogP contribution is 2.03. The van der Waals surface area contributed by atoms with Crippen LogP contribution in [-0.4, -0.2) is 27.5 Å². The summed E-state index contributed by atoms with van der Waals surface area (Å²) in [5.74, 6) is 0.726. The van der Waals surface area contributed by atoms with Crippen molar-refractivity contribution >= 4 is 22.9 Å². The number of amidine groups is 1. The van der Waals surface area contributed by atoms with E-state index in [0.29, 0.717) is 24.9 Å². The summed E-state index contributed by atoms with van der Waals surface area (Å²) in [5.41, 5.74) is 1.00. The Kier molecular flexibility index (Phi) is 3.81. The number of rotatable bonds is 3. The zero-order chi connectivity index (χ0) is 12.1. The first-order valence-electron chi connectivity index (χ1n) is 5.15. The molecule has 0 saturated heterocycles. The van der Waals surface area contributed by atoms with E-state index in [4.69, 9.17) is 4.74 Å². The Hall–Kier alpha value is -1.76. The summed E-state index contributed by atoms with van der Waals surface area (Å²) in [7, 11) is 0. The van der Waals surface area contributed by atoms with Gasteiger partial charge >= 0.3 is 0 Å². The maximum atomic E-state index is 11.2. The van der Waals surface area contributed by atoms with Crippen LogP contribution in [0.1, 0.15) is 12.5 Å². The Balaban J connectivity index is 1.98. The number of nitrogens with one attached hydrogen (secondary N) is 1. The maximum Gasteiger partial charge on any atom is 0.271 e. The van der Waals surface area contributed by atoms with E-state index in [1.807, 2.05) is 19.1 Å². The summed E-state index contributed by atoms with van der Waals surface area (Å²) in [5, 5.41) is 3.02. The van der Waals surface area contributed by atoms with E-state index < -0.39 is 11.2 Å². The van der Waals surface area contributed by atoms with E-state index >= 15 is 0 Å². The van der Waals surface area contributed by atoms with Crippen molar-refractivity contribution in [3.63, 3.8) is 0 Å². The number of hydrogen-bond acceptors (Lipinski definition) is 4. The van der Waals surface area contributed by atoms with E-state index in [1.165, 1.54) is 0 Å². The molecular weight excluding hydrogens is 240 g/mol. The number of nitrogens with zero attached hydrogens (tertiary/aromatic N) is 3. The molecule has 1 aliphatic rings. The molecular formula is C10H12N4O2S. The second-order valence-corrected chi connectivity index (χ2v) is 4.04. The molecule has 0 amide bonds. The number of hydrogen-bond donors (Lipinski definition) is 1. The molecule has 1 unspecified atom stereocenters. The SMILES string of the molecule is CCOC1=NS(=O)N=C1NCc1cccnc1.